The highest BCUT2D eigenvalue weighted by molar-refractivity contribution is 6.04. The zero-order valence-corrected chi connectivity index (χ0v) is 21.0. The van der Waals surface area contributed by atoms with Crippen molar-refractivity contribution < 1.29 is 14.7 Å². The van der Waals surface area contributed by atoms with E-state index in [9.17, 15) is 14.7 Å². The third-order valence-electron chi connectivity index (χ3n) is 6.67. The molecule has 0 radical (unpaired) electrons. The zero-order chi connectivity index (χ0) is 26.8. The number of carbonyl (C=O) groups is 2. The fraction of sp³-hybridized carbons (Fsp3) is 0.167. The second kappa shape index (κ2) is 10.4. The molecule has 9 heteroatoms. The first-order valence-electron chi connectivity index (χ1n) is 12.8. The predicted molar refractivity (Wildman–Crippen MR) is 148 cm³/mol. The second-order valence-electron chi connectivity index (χ2n) is 9.54. The first kappa shape index (κ1) is 24.3. The predicted octanol–water partition coefficient (Wildman–Crippen LogP) is 5.13. The summed E-state index contributed by atoms with van der Waals surface area (Å²) in [5, 5.41) is 20.9. The van der Waals surface area contributed by atoms with Crippen molar-refractivity contribution in [1.29, 1.82) is 0 Å². The molecule has 194 valence electrons. The average Bonchev–Trinajstić information content (AvgIpc) is 3.72. The minimum Gasteiger partial charge on any atom is -0.507 e. The molecular weight excluding hydrogens is 492 g/mol. The van der Waals surface area contributed by atoms with Gasteiger partial charge in [-0.2, -0.15) is 9.78 Å². The van der Waals surface area contributed by atoms with E-state index < -0.39 is 5.91 Å². The van der Waals surface area contributed by atoms with Crippen LogP contribution in [-0.4, -0.2) is 43.3 Å². The molecule has 2 heterocycles. The number of anilines is 1. The van der Waals surface area contributed by atoms with Crippen LogP contribution in [0.1, 0.15) is 40.5 Å². The summed E-state index contributed by atoms with van der Waals surface area (Å²) in [5.74, 6) is -0.176. The molecule has 2 amide bonds. The largest absolute Gasteiger partial charge is 0.507 e. The number of rotatable bonds is 7. The standard InChI is InChI=1S/C30H26N6O3/c37-28-13-12-21(33-29(38)26-18-32-23-8-4-5-9-24(23)34-26)16-22(28)25-17-27(20-10-11-20)36(35-25)30(39)31-15-14-19-6-2-1-3-7-19/h1-9,12-13,16-18,20,37H,10-11,14-15H2,(H,31,39)(H,33,38). The van der Waals surface area contributed by atoms with Crippen molar-refractivity contribution in [2.75, 3.05) is 11.9 Å². The van der Waals surface area contributed by atoms with Gasteiger partial charge in [-0.25, -0.2) is 9.78 Å². The van der Waals surface area contributed by atoms with Crippen molar-refractivity contribution in [3.8, 4) is 17.0 Å². The normalized spacial score (nSPS) is 12.8. The molecular formula is C30H26N6O3. The number of benzene rings is 3. The third kappa shape index (κ3) is 5.33. The van der Waals surface area contributed by atoms with Crippen LogP contribution < -0.4 is 10.6 Å². The van der Waals surface area contributed by atoms with Crippen LogP contribution in [0.15, 0.2) is 85.1 Å². The highest BCUT2D eigenvalue weighted by Gasteiger charge is 2.30. The van der Waals surface area contributed by atoms with Crippen molar-refractivity contribution in [2.45, 2.75) is 25.2 Å². The number of fused-ring (bicyclic) bond motifs is 1. The Hall–Kier alpha value is -5.05. The highest BCUT2D eigenvalue weighted by Crippen LogP contribution is 2.42. The van der Waals surface area contributed by atoms with Gasteiger partial charge in [-0.05, 0) is 61.2 Å². The molecule has 0 saturated heterocycles. The smallest absolute Gasteiger partial charge is 0.342 e. The number of para-hydroxylation sites is 2. The molecule has 0 unspecified atom stereocenters. The van der Waals surface area contributed by atoms with E-state index in [1.807, 2.05) is 54.6 Å². The number of nitrogens with one attached hydrogen (secondary N) is 2. The van der Waals surface area contributed by atoms with Gasteiger partial charge in [-0.3, -0.25) is 9.78 Å². The number of nitrogens with zero attached hydrogens (tertiary/aromatic N) is 4. The van der Waals surface area contributed by atoms with E-state index in [0.29, 0.717) is 40.9 Å². The first-order chi connectivity index (χ1) is 19.0. The lowest BCUT2D eigenvalue weighted by molar-refractivity contribution is 0.102. The van der Waals surface area contributed by atoms with Crippen LogP contribution in [0.25, 0.3) is 22.3 Å². The van der Waals surface area contributed by atoms with E-state index in [0.717, 1.165) is 24.1 Å². The molecule has 1 aliphatic rings. The summed E-state index contributed by atoms with van der Waals surface area (Å²) in [6, 6.07) is 23.5. The maximum Gasteiger partial charge on any atom is 0.342 e. The molecule has 1 saturated carbocycles. The van der Waals surface area contributed by atoms with Gasteiger partial charge in [-0.1, -0.05) is 42.5 Å². The van der Waals surface area contributed by atoms with E-state index in [-0.39, 0.29) is 23.4 Å². The Balaban J connectivity index is 1.21. The third-order valence-corrected chi connectivity index (χ3v) is 6.67. The monoisotopic (exact) mass is 518 g/mol. The number of hydrogen-bond acceptors (Lipinski definition) is 6. The maximum absolute atomic E-state index is 13.0. The van der Waals surface area contributed by atoms with E-state index in [1.54, 1.807) is 18.2 Å². The molecule has 0 spiro atoms. The Kier molecular flexibility index (Phi) is 6.46. The summed E-state index contributed by atoms with van der Waals surface area (Å²) < 4.78 is 1.40. The summed E-state index contributed by atoms with van der Waals surface area (Å²) in [7, 11) is 0. The van der Waals surface area contributed by atoms with Crippen LogP contribution in [0.3, 0.4) is 0 Å². The topological polar surface area (TPSA) is 122 Å². The van der Waals surface area contributed by atoms with Crippen molar-refractivity contribution in [1.82, 2.24) is 25.1 Å². The maximum atomic E-state index is 13.0. The van der Waals surface area contributed by atoms with Crippen LogP contribution in [0.4, 0.5) is 10.5 Å². The number of amides is 2. The Morgan fingerprint density at radius 2 is 1.72 bits per heavy atom. The summed E-state index contributed by atoms with van der Waals surface area (Å²) in [4.78, 5) is 34.6. The molecule has 3 aromatic carbocycles. The molecule has 9 nitrogen and oxygen atoms in total. The molecule has 6 rings (SSSR count). The van der Waals surface area contributed by atoms with Crippen LogP contribution in [0.5, 0.6) is 5.75 Å². The number of hydrogen-bond donors (Lipinski definition) is 3. The molecule has 5 aromatic rings. The van der Waals surface area contributed by atoms with E-state index in [1.165, 1.54) is 16.9 Å². The minimum absolute atomic E-state index is 0.00465. The lowest BCUT2D eigenvalue weighted by Gasteiger charge is -2.09. The van der Waals surface area contributed by atoms with Crippen LogP contribution in [0, 0.1) is 0 Å². The van der Waals surface area contributed by atoms with Crippen LogP contribution >= 0.6 is 0 Å². The Morgan fingerprint density at radius 1 is 0.949 bits per heavy atom. The quantitative estimate of drug-likeness (QED) is 0.257. The Morgan fingerprint density at radius 3 is 2.51 bits per heavy atom. The fourth-order valence-electron chi connectivity index (χ4n) is 4.47. The number of aromatic nitrogens is 4. The van der Waals surface area contributed by atoms with E-state index in [2.05, 4.69) is 25.7 Å². The highest BCUT2D eigenvalue weighted by atomic mass is 16.3. The summed E-state index contributed by atoms with van der Waals surface area (Å²) in [6.45, 7) is 0.479. The van der Waals surface area contributed by atoms with Crippen LogP contribution in [-0.2, 0) is 6.42 Å². The van der Waals surface area contributed by atoms with Crippen molar-refractivity contribution in [3.63, 3.8) is 0 Å². The summed E-state index contributed by atoms with van der Waals surface area (Å²) in [5.41, 5.74) is 4.77. The molecule has 2 aromatic heterocycles. The van der Waals surface area contributed by atoms with Gasteiger partial charge in [0, 0.05) is 23.7 Å². The van der Waals surface area contributed by atoms with Gasteiger partial charge in [0.05, 0.1) is 28.6 Å². The fourth-order valence-corrected chi connectivity index (χ4v) is 4.47. The SMILES string of the molecule is O=C(Nc1ccc(O)c(-c2cc(C3CC3)n(C(=O)NCCc3ccccc3)n2)c1)c1cnc2ccccc2n1. The molecule has 0 aliphatic heterocycles. The molecule has 1 fully saturated rings. The number of phenolic OH excluding ortho intramolecular Hbond substituents is 1. The molecule has 3 N–H and O–H groups in total. The van der Waals surface area contributed by atoms with Crippen LogP contribution in [0.2, 0.25) is 0 Å². The van der Waals surface area contributed by atoms with Gasteiger partial charge in [0.2, 0.25) is 0 Å². The second-order valence-corrected chi connectivity index (χ2v) is 9.54. The molecule has 0 atom stereocenters. The lowest BCUT2D eigenvalue weighted by Crippen LogP contribution is -2.32. The average molecular weight is 519 g/mol. The van der Waals surface area contributed by atoms with Gasteiger partial charge in [0.1, 0.15) is 11.4 Å². The Labute approximate surface area is 224 Å². The summed E-state index contributed by atoms with van der Waals surface area (Å²) in [6.07, 6.45) is 4.11. The molecule has 1 aliphatic carbocycles. The number of phenols is 1. The van der Waals surface area contributed by atoms with Crippen molar-refractivity contribution in [3.05, 3.63) is 102 Å². The molecule has 39 heavy (non-hydrogen) atoms. The summed E-state index contributed by atoms with van der Waals surface area (Å²) >= 11 is 0. The van der Waals surface area contributed by atoms with Gasteiger partial charge < -0.3 is 15.7 Å². The Bertz CT molecular complexity index is 1680. The van der Waals surface area contributed by atoms with E-state index >= 15 is 0 Å². The zero-order valence-electron chi connectivity index (χ0n) is 21.0. The minimum atomic E-state index is -0.424. The van der Waals surface area contributed by atoms with Crippen molar-refractivity contribution in [2.24, 2.45) is 0 Å². The van der Waals surface area contributed by atoms with E-state index in [4.69, 9.17) is 0 Å². The van der Waals surface area contributed by atoms with Gasteiger partial charge in [0.25, 0.3) is 5.91 Å². The first-order valence-corrected chi connectivity index (χ1v) is 12.8. The number of aromatic hydroxyl groups is 1. The van der Waals surface area contributed by atoms with Gasteiger partial charge in [-0.15, -0.1) is 0 Å². The number of carbonyl (C=O) groups excluding carboxylic acids is 2. The van der Waals surface area contributed by atoms with Gasteiger partial charge >= 0.3 is 6.03 Å². The van der Waals surface area contributed by atoms with Crippen molar-refractivity contribution >= 4 is 28.7 Å². The van der Waals surface area contributed by atoms with Gasteiger partial charge in [0.15, 0.2) is 0 Å². The lowest BCUT2D eigenvalue weighted by atomic mass is 10.1. The molecule has 0 bridgehead atoms.